The van der Waals surface area contributed by atoms with Crippen LogP contribution in [0.15, 0.2) is 78.4 Å². The van der Waals surface area contributed by atoms with Crippen LogP contribution >= 0.6 is 22.9 Å². The summed E-state index contributed by atoms with van der Waals surface area (Å²) in [5.74, 6) is -4.61. The lowest BCUT2D eigenvalue weighted by Gasteiger charge is -2.49. The van der Waals surface area contributed by atoms with E-state index in [-0.39, 0.29) is 36.2 Å². The van der Waals surface area contributed by atoms with Gasteiger partial charge in [0.15, 0.2) is 11.5 Å². The van der Waals surface area contributed by atoms with Crippen molar-refractivity contribution in [2.75, 3.05) is 47.6 Å². The van der Waals surface area contributed by atoms with Crippen molar-refractivity contribution in [2.24, 2.45) is 36.1 Å². The number of aryl methyl sites for hydroxylation is 2. The molecule has 3 aliphatic heterocycles. The molecule has 4 amide bonds. The van der Waals surface area contributed by atoms with Gasteiger partial charge in [0.2, 0.25) is 23.6 Å². The van der Waals surface area contributed by atoms with Crippen LogP contribution in [-0.2, 0) is 31.0 Å². The molecule has 0 radical (unpaired) electrons. The zero-order valence-electron chi connectivity index (χ0n) is 33.7. The lowest BCUT2D eigenvalue weighted by atomic mass is 9.51. The maximum Gasteiger partial charge on any atom is 0.242 e. The molecule has 2 aromatic heterocycles. The number of aromatic nitrogens is 2. The van der Waals surface area contributed by atoms with Crippen LogP contribution in [0.2, 0.25) is 5.02 Å². The Morgan fingerprint density at radius 2 is 1.70 bits per heavy atom. The predicted octanol–water partition coefficient (Wildman–Crippen LogP) is 7.64. The van der Waals surface area contributed by atoms with E-state index in [1.54, 1.807) is 54.3 Å². The van der Waals surface area contributed by atoms with Gasteiger partial charge in [0.1, 0.15) is 11.5 Å². The Morgan fingerprint density at radius 3 is 2.45 bits per heavy atom. The van der Waals surface area contributed by atoms with E-state index in [1.807, 2.05) is 62.4 Å². The minimum atomic E-state index is -1.37. The number of halogens is 1. The number of anilines is 3. The number of allylic oxidation sites excluding steroid dienone is 2. The molecule has 1 N–H and O–H groups in total. The molecule has 3 aromatic carbocycles. The first-order chi connectivity index (χ1) is 28.9. The van der Waals surface area contributed by atoms with Crippen LogP contribution in [0.1, 0.15) is 43.7 Å². The topological polar surface area (TPSA) is 135 Å². The summed E-state index contributed by atoms with van der Waals surface area (Å²) < 4.78 is 13.9. The largest absolute Gasteiger partial charge is 0.504 e. The molecule has 12 nitrogen and oxygen atoms in total. The van der Waals surface area contributed by atoms with Crippen LogP contribution in [0.4, 0.5) is 17.2 Å². The van der Waals surface area contributed by atoms with Gasteiger partial charge in [-0.1, -0.05) is 35.4 Å². The standard InChI is InChI=1S/C46H44ClN5O7S/c1-5-59-35-8-6-7-30(40(35)53)39-28-14-15-29-38(44(56)51(42(29)54)27-12-10-26(11-13-27)50-17-19-58-20-18-50)32(28)22-33-43(55)52(45(57)46(33,39)3)37-23-34(48-49(37)4)41-24(2)31-21-25(47)9-16-36(31)60-41/h6-14,16,21,23,29,32-33,38-39,53H,5,15,17-20,22H2,1-4H3/t29-,32+,33-,38-,39+,46+/m0/s1. The SMILES string of the molecule is CCOc1cccc([C@H]2C3=CC[C@@H]4C(=O)N(c5ccc(N6CCOCC6)cc5)C(=O)[C@@H]4[C@@H]3C[C@H]3C(=O)N(c4cc(-c5sc6ccc(Cl)cc6c5C)nn4C)C(=O)[C@@]23C)c1O. The summed E-state index contributed by atoms with van der Waals surface area (Å²) in [6.45, 7) is 8.72. The molecular formula is C46H44ClN5O7S. The van der Waals surface area contributed by atoms with E-state index in [0.29, 0.717) is 47.6 Å². The number of phenolic OH excluding ortho intramolecular Hbond substituents is 1. The quantitative estimate of drug-likeness (QED) is 0.130. The zero-order valence-corrected chi connectivity index (χ0v) is 35.3. The molecule has 10 rings (SSSR count). The molecule has 0 unspecified atom stereocenters. The number of hydrogen-bond acceptors (Lipinski definition) is 10. The molecule has 5 aliphatic rings. The highest BCUT2D eigenvalue weighted by molar-refractivity contribution is 7.22. The number of aromatic hydroxyl groups is 1. The highest BCUT2D eigenvalue weighted by atomic mass is 35.5. The number of thiophene rings is 1. The molecule has 2 aliphatic carbocycles. The van der Waals surface area contributed by atoms with Crippen molar-refractivity contribution in [3.05, 3.63) is 94.5 Å². The van der Waals surface area contributed by atoms with E-state index in [0.717, 1.165) is 44.9 Å². The Labute approximate surface area is 355 Å². The van der Waals surface area contributed by atoms with Gasteiger partial charge < -0.3 is 19.5 Å². The monoisotopic (exact) mass is 845 g/mol. The fraction of sp³-hybridized carbons (Fsp3) is 0.370. The summed E-state index contributed by atoms with van der Waals surface area (Å²) in [4.78, 5) is 65.0. The molecule has 308 valence electrons. The molecule has 4 fully saturated rings. The Hall–Kier alpha value is -5.50. The van der Waals surface area contributed by atoms with E-state index in [2.05, 4.69) is 4.90 Å². The van der Waals surface area contributed by atoms with Crippen molar-refractivity contribution in [2.45, 2.75) is 39.5 Å². The smallest absolute Gasteiger partial charge is 0.242 e. The fourth-order valence-electron chi connectivity index (χ4n) is 10.7. The van der Waals surface area contributed by atoms with Gasteiger partial charge >= 0.3 is 0 Å². The molecular weight excluding hydrogens is 802 g/mol. The number of benzene rings is 3. The van der Waals surface area contributed by atoms with Crippen molar-refractivity contribution in [1.29, 1.82) is 0 Å². The summed E-state index contributed by atoms with van der Waals surface area (Å²) >= 11 is 7.91. The number of ether oxygens (including phenoxy) is 2. The van der Waals surface area contributed by atoms with E-state index in [1.165, 1.54) is 9.80 Å². The normalized spacial score (nSPS) is 26.4. The minimum absolute atomic E-state index is 0.120. The number of imide groups is 2. The summed E-state index contributed by atoms with van der Waals surface area (Å²) in [6, 6.07) is 20.2. The lowest BCUT2D eigenvalue weighted by molar-refractivity contribution is -0.131. The van der Waals surface area contributed by atoms with Crippen LogP contribution in [0.3, 0.4) is 0 Å². The van der Waals surface area contributed by atoms with E-state index in [9.17, 15) is 14.7 Å². The third kappa shape index (κ3) is 5.61. The average Bonchev–Trinajstić information content (AvgIpc) is 3.92. The second-order valence-electron chi connectivity index (χ2n) is 16.6. The number of nitrogens with zero attached hydrogens (tertiary/aromatic N) is 5. The number of morpholine rings is 1. The van der Waals surface area contributed by atoms with Crippen LogP contribution in [-0.4, -0.2) is 71.4 Å². The Balaban J connectivity index is 1.05. The zero-order chi connectivity index (χ0) is 41.8. The summed E-state index contributed by atoms with van der Waals surface area (Å²) in [7, 11) is 1.72. The van der Waals surface area contributed by atoms with Crippen LogP contribution in [0.5, 0.6) is 11.5 Å². The third-order valence-corrected chi connectivity index (χ3v) is 15.1. The van der Waals surface area contributed by atoms with Crippen molar-refractivity contribution in [3.8, 4) is 22.1 Å². The number of amides is 4. The highest BCUT2D eigenvalue weighted by Crippen LogP contribution is 2.65. The van der Waals surface area contributed by atoms with Gasteiger partial charge in [-0.05, 0) is 99.0 Å². The van der Waals surface area contributed by atoms with E-state index in [4.69, 9.17) is 26.2 Å². The number of para-hydroxylation sites is 1. The Bertz CT molecular complexity index is 2670. The van der Waals surface area contributed by atoms with Gasteiger partial charge in [0.05, 0.1) is 53.6 Å². The predicted molar refractivity (Wildman–Crippen MR) is 230 cm³/mol. The van der Waals surface area contributed by atoms with Gasteiger partial charge in [-0.3, -0.25) is 28.8 Å². The maximum absolute atomic E-state index is 15.3. The molecule has 5 heterocycles. The van der Waals surface area contributed by atoms with Crippen LogP contribution in [0.25, 0.3) is 20.7 Å². The number of hydrogen-bond donors (Lipinski definition) is 1. The fourth-order valence-corrected chi connectivity index (χ4v) is 12.0. The summed E-state index contributed by atoms with van der Waals surface area (Å²) in [5, 5.41) is 18.3. The van der Waals surface area contributed by atoms with Crippen molar-refractivity contribution < 1.29 is 33.8 Å². The Kier molecular flexibility index (Phi) is 9.23. The molecule has 60 heavy (non-hydrogen) atoms. The van der Waals surface area contributed by atoms with Crippen molar-refractivity contribution >= 4 is 73.8 Å². The average molecular weight is 846 g/mol. The number of phenols is 1. The molecule has 6 atom stereocenters. The number of carbonyl (C=O) groups is 4. The molecule has 0 spiro atoms. The van der Waals surface area contributed by atoms with Crippen LogP contribution < -0.4 is 19.4 Å². The summed E-state index contributed by atoms with van der Waals surface area (Å²) in [6.07, 6.45) is 2.44. The number of rotatable bonds is 7. The molecule has 3 saturated heterocycles. The molecule has 5 aromatic rings. The second-order valence-corrected chi connectivity index (χ2v) is 18.1. The first kappa shape index (κ1) is 38.7. The first-order valence-corrected chi connectivity index (χ1v) is 21.7. The van der Waals surface area contributed by atoms with Crippen molar-refractivity contribution in [3.63, 3.8) is 0 Å². The van der Waals surface area contributed by atoms with Gasteiger partial charge in [0.25, 0.3) is 0 Å². The highest BCUT2D eigenvalue weighted by Gasteiger charge is 2.68. The van der Waals surface area contributed by atoms with Gasteiger partial charge in [-0.25, -0.2) is 4.90 Å². The third-order valence-electron chi connectivity index (χ3n) is 13.6. The molecule has 1 saturated carbocycles. The lowest BCUT2D eigenvalue weighted by Crippen LogP contribution is -2.49. The number of fused-ring (bicyclic) bond motifs is 5. The van der Waals surface area contributed by atoms with Crippen LogP contribution in [0, 0.1) is 36.0 Å². The van der Waals surface area contributed by atoms with Gasteiger partial charge in [-0.15, -0.1) is 11.3 Å². The molecule has 14 heteroatoms. The van der Waals surface area contributed by atoms with Gasteiger partial charge in [0, 0.05) is 53.1 Å². The van der Waals surface area contributed by atoms with E-state index >= 15 is 9.59 Å². The Morgan fingerprint density at radius 1 is 0.950 bits per heavy atom. The maximum atomic E-state index is 15.3. The molecule has 0 bridgehead atoms. The van der Waals surface area contributed by atoms with Crippen molar-refractivity contribution in [1.82, 2.24) is 9.78 Å². The van der Waals surface area contributed by atoms with Gasteiger partial charge in [-0.2, -0.15) is 5.10 Å². The minimum Gasteiger partial charge on any atom is -0.504 e. The first-order valence-electron chi connectivity index (χ1n) is 20.5. The second kappa shape index (κ2) is 14.3. The number of carbonyl (C=O) groups excluding carboxylic acids is 4. The summed E-state index contributed by atoms with van der Waals surface area (Å²) in [5.41, 5.74) is 2.94. The van der Waals surface area contributed by atoms with E-state index < -0.39 is 46.8 Å².